The molecule has 0 unspecified atom stereocenters. The van der Waals surface area contributed by atoms with Crippen LogP contribution in [0.3, 0.4) is 0 Å². The number of sulfonamides is 1. The lowest BCUT2D eigenvalue weighted by Crippen LogP contribution is -3.13. The van der Waals surface area contributed by atoms with Crippen LogP contribution in [0.1, 0.15) is 5.56 Å². The van der Waals surface area contributed by atoms with Gasteiger partial charge in [0.15, 0.2) is 11.5 Å². The van der Waals surface area contributed by atoms with Crippen molar-refractivity contribution in [3.05, 3.63) is 53.1 Å². The van der Waals surface area contributed by atoms with E-state index in [9.17, 15) is 8.42 Å². The Bertz CT molecular complexity index is 879. The second-order valence-corrected chi connectivity index (χ2v) is 8.81. The average Bonchev–Trinajstić information content (AvgIpc) is 2.68. The highest BCUT2D eigenvalue weighted by Gasteiger charge is 2.30. The minimum atomic E-state index is -3.48. The van der Waals surface area contributed by atoms with Crippen molar-refractivity contribution in [2.75, 3.05) is 40.4 Å². The lowest BCUT2D eigenvalue weighted by Gasteiger charge is -2.31. The fourth-order valence-corrected chi connectivity index (χ4v) is 4.90. The topological polar surface area (TPSA) is 60.3 Å². The Morgan fingerprint density at radius 2 is 1.70 bits per heavy atom. The number of piperazine rings is 1. The predicted molar refractivity (Wildman–Crippen MR) is 104 cm³/mol. The third-order valence-corrected chi connectivity index (χ3v) is 6.97. The second kappa shape index (κ2) is 8.48. The van der Waals surface area contributed by atoms with Gasteiger partial charge in [-0.2, -0.15) is 4.31 Å². The SMILES string of the molecule is COc1cccc(C[NH+]2CCN(S(=O)(=O)c3ccc(Cl)cc3)CC2)c1OC. The summed E-state index contributed by atoms with van der Waals surface area (Å²) in [4.78, 5) is 1.59. The van der Waals surface area contributed by atoms with Crippen molar-refractivity contribution < 1.29 is 22.8 Å². The number of nitrogens with zero attached hydrogens (tertiary/aromatic N) is 1. The van der Waals surface area contributed by atoms with Crippen molar-refractivity contribution in [3.8, 4) is 11.5 Å². The van der Waals surface area contributed by atoms with Crippen LogP contribution in [0.2, 0.25) is 5.02 Å². The van der Waals surface area contributed by atoms with Gasteiger partial charge in [0.2, 0.25) is 10.0 Å². The zero-order valence-electron chi connectivity index (χ0n) is 15.4. The first kappa shape index (κ1) is 19.9. The van der Waals surface area contributed by atoms with Crippen molar-refractivity contribution in [3.63, 3.8) is 0 Å². The number of hydrogen-bond donors (Lipinski definition) is 1. The van der Waals surface area contributed by atoms with Crippen LogP contribution >= 0.6 is 11.6 Å². The van der Waals surface area contributed by atoms with Gasteiger partial charge < -0.3 is 14.4 Å². The molecule has 0 atom stereocenters. The summed E-state index contributed by atoms with van der Waals surface area (Å²) in [6, 6.07) is 12.1. The predicted octanol–water partition coefficient (Wildman–Crippen LogP) is 1.45. The van der Waals surface area contributed by atoms with E-state index in [4.69, 9.17) is 21.1 Å². The van der Waals surface area contributed by atoms with Crippen LogP contribution in [-0.2, 0) is 16.6 Å². The molecule has 1 fully saturated rings. The number of para-hydroxylation sites is 1. The quantitative estimate of drug-likeness (QED) is 0.781. The third kappa shape index (κ3) is 4.38. The molecule has 0 saturated carbocycles. The summed E-state index contributed by atoms with van der Waals surface area (Å²) in [6.45, 7) is 3.18. The molecule has 1 N–H and O–H groups in total. The fraction of sp³-hybridized carbons (Fsp3) is 0.368. The lowest BCUT2D eigenvalue weighted by atomic mass is 10.1. The van der Waals surface area contributed by atoms with E-state index >= 15 is 0 Å². The first-order valence-electron chi connectivity index (χ1n) is 8.75. The molecule has 1 aliphatic heterocycles. The van der Waals surface area contributed by atoms with Gasteiger partial charge in [0.25, 0.3) is 0 Å². The molecular formula is C19H24ClN2O4S+. The number of methoxy groups -OCH3 is 2. The zero-order valence-corrected chi connectivity index (χ0v) is 17.0. The minimum Gasteiger partial charge on any atom is -0.493 e. The zero-order chi connectivity index (χ0) is 19.4. The van der Waals surface area contributed by atoms with Crippen molar-refractivity contribution in [2.45, 2.75) is 11.4 Å². The summed E-state index contributed by atoms with van der Waals surface area (Å²) in [5.41, 5.74) is 1.06. The summed E-state index contributed by atoms with van der Waals surface area (Å²) in [5.74, 6) is 1.45. The Labute approximate surface area is 165 Å². The van der Waals surface area contributed by atoms with Gasteiger partial charge in [-0.3, -0.25) is 0 Å². The number of halogens is 1. The highest BCUT2D eigenvalue weighted by Crippen LogP contribution is 2.30. The molecule has 8 heteroatoms. The minimum absolute atomic E-state index is 0.282. The summed E-state index contributed by atoms with van der Waals surface area (Å²) < 4.78 is 38.0. The van der Waals surface area contributed by atoms with E-state index in [0.29, 0.717) is 23.9 Å². The van der Waals surface area contributed by atoms with Crippen LogP contribution in [0.4, 0.5) is 0 Å². The van der Waals surface area contributed by atoms with E-state index in [-0.39, 0.29) is 4.90 Å². The first-order valence-corrected chi connectivity index (χ1v) is 10.6. The largest absolute Gasteiger partial charge is 0.493 e. The van der Waals surface area contributed by atoms with E-state index in [1.54, 1.807) is 42.8 Å². The van der Waals surface area contributed by atoms with Crippen molar-refractivity contribution in [1.82, 2.24) is 4.31 Å². The van der Waals surface area contributed by atoms with E-state index < -0.39 is 10.0 Å². The molecule has 2 aromatic rings. The van der Waals surface area contributed by atoms with Crippen LogP contribution in [-0.4, -0.2) is 53.1 Å². The standard InChI is InChI=1S/C19H23ClN2O4S/c1-25-18-5-3-4-15(19(18)26-2)14-21-10-12-22(13-11-21)27(23,24)17-8-6-16(20)7-9-17/h3-9H,10-14H2,1-2H3/p+1. The highest BCUT2D eigenvalue weighted by atomic mass is 35.5. The van der Waals surface area contributed by atoms with Crippen LogP contribution < -0.4 is 14.4 Å². The summed E-state index contributed by atoms with van der Waals surface area (Å²) in [6.07, 6.45) is 0. The molecule has 0 radical (unpaired) electrons. The Kier molecular flexibility index (Phi) is 6.26. The van der Waals surface area contributed by atoms with Crippen LogP contribution in [0.5, 0.6) is 11.5 Å². The molecular weight excluding hydrogens is 388 g/mol. The van der Waals surface area contributed by atoms with Crippen molar-refractivity contribution in [1.29, 1.82) is 0 Å². The van der Waals surface area contributed by atoms with Crippen molar-refractivity contribution >= 4 is 21.6 Å². The van der Waals surface area contributed by atoms with Gasteiger partial charge in [-0.1, -0.05) is 17.7 Å². The number of hydrogen-bond acceptors (Lipinski definition) is 4. The van der Waals surface area contributed by atoms with Gasteiger partial charge in [0, 0.05) is 5.02 Å². The Morgan fingerprint density at radius 1 is 1.04 bits per heavy atom. The Morgan fingerprint density at radius 3 is 2.30 bits per heavy atom. The average molecular weight is 412 g/mol. The van der Waals surface area contributed by atoms with Crippen LogP contribution in [0.15, 0.2) is 47.4 Å². The van der Waals surface area contributed by atoms with Gasteiger partial charge in [-0.25, -0.2) is 8.42 Å². The maximum atomic E-state index is 12.8. The molecule has 2 aromatic carbocycles. The number of quaternary nitrogens is 1. The van der Waals surface area contributed by atoms with Gasteiger partial charge in [0.05, 0.1) is 50.9 Å². The highest BCUT2D eigenvalue weighted by molar-refractivity contribution is 7.89. The Hall–Kier alpha value is -1.80. The van der Waals surface area contributed by atoms with Gasteiger partial charge >= 0.3 is 0 Å². The maximum Gasteiger partial charge on any atom is 0.243 e. The van der Waals surface area contributed by atoms with E-state index in [1.165, 1.54) is 4.90 Å². The number of ether oxygens (including phenoxy) is 2. The molecule has 1 heterocycles. The molecule has 3 rings (SSSR count). The number of benzene rings is 2. The molecule has 1 saturated heterocycles. The smallest absolute Gasteiger partial charge is 0.243 e. The molecule has 6 nitrogen and oxygen atoms in total. The van der Waals surface area contributed by atoms with Gasteiger partial charge in [0.1, 0.15) is 6.54 Å². The monoisotopic (exact) mass is 411 g/mol. The molecule has 146 valence electrons. The lowest BCUT2D eigenvalue weighted by molar-refractivity contribution is -0.917. The maximum absolute atomic E-state index is 12.8. The second-order valence-electron chi connectivity index (χ2n) is 6.44. The van der Waals surface area contributed by atoms with E-state index in [0.717, 1.165) is 30.9 Å². The third-order valence-electron chi connectivity index (χ3n) is 4.81. The normalized spacial score (nSPS) is 16.3. The summed E-state index contributed by atoms with van der Waals surface area (Å²) in [7, 11) is -0.230. The fourth-order valence-electron chi connectivity index (χ4n) is 3.34. The van der Waals surface area contributed by atoms with Crippen LogP contribution in [0.25, 0.3) is 0 Å². The van der Waals surface area contributed by atoms with Gasteiger partial charge in [-0.05, 0) is 36.4 Å². The molecule has 0 aliphatic carbocycles. The molecule has 0 aromatic heterocycles. The molecule has 1 aliphatic rings. The molecule has 0 spiro atoms. The number of nitrogens with one attached hydrogen (secondary N) is 1. The molecule has 0 bridgehead atoms. The molecule has 0 amide bonds. The first-order chi connectivity index (χ1) is 13.0. The summed E-state index contributed by atoms with van der Waals surface area (Å²) >= 11 is 5.86. The van der Waals surface area contributed by atoms with Crippen molar-refractivity contribution in [2.24, 2.45) is 0 Å². The van der Waals surface area contributed by atoms with E-state index in [2.05, 4.69) is 0 Å². The van der Waals surface area contributed by atoms with Crippen LogP contribution in [0, 0.1) is 0 Å². The Balaban J connectivity index is 1.67. The number of rotatable bonds is 6. The summed E-state index contributed by atoms with van der Waals surface area (Å²) in [5, 5.41) is 0.524. The van der Waals surface area contributed by atoms with E-state index in [1.807, 2.05) is 18.2 Å². The van der Waals surface area contributed by atoms with Gasteiger partial charge in [-0.15, -0.1) is 0 Å². The molecule has 27 heavy (non-hydrogen) atoms.